The van der Waals surface area contributed by atoms with Gasteiger partial charge in [-0.15, -0.1) is 0 Å². The highest BCUT2D eigenvalue weighted by Crippen LogP contribution is 2.47. The second-order valence-electron chi connectivity index (χ2n) is 7.15. The summed E-state index contributed by atoms with van der Waals surface area (Å²) in [5.41, 5.74) is 9.57. The summed E-state index contributed by atoms with van der Waals surface area (Å²) in [6.07, 6.45) is 7.96. The topological polar surface area (TPSA) is 68.0 Å². The Hall–Kier alpha value is -2.20. The molecule has 2 saturated carbocycles. The molecule has 1 aromatic carbocycles. The first-order valence-electron chi connectivity index (χ1n) is 8.75. The number of carbonyl (C=O) groups excluding carboxylic acids is 1. The lowest BCUT2D eigenvalue weighted by Crippen LogP contribution is -2.42. The van der Waals surface area contributed by atoms with Crippen molar-refractivity contribution in [3.8, 4) is 0 Å². The van der Waals surface area contributed by atoms with Gasteiger partial charge in [-0.2, -0.15) is 0 Å². The monoisotopic (exact) mass is 321 g/mol. The molecule has 2 fully saturated rings. The van der Waals surface area contributed by atoms with Crippen molar-refractivity contribution in [1.29, 1.82) is 0 Å². The molecule has 0 spiro atoms. The summed E-state index contributed by atoms with van der Waals surface area (Å²) >= 11 is 0. The number of aromatic nitrogens is 1. The summed E-state index contributed by atoms with van der Waals surface area (Å²) in [5, 5.41) is 3.06. The predicted octanol–water partition coefficient (Wildman–Crippen LogP) is 2.98. The Morgan fingerprint density at radius 1 is 1.04 bits per heavy atom. The zero-order valence-corrected chi connectivity index (χ0v) is 13.7. The number of nitrogens with zero attached hydrogens (tertiary/aromatic N) is 1. The number of rotatable bonds is 4. The fraction of sp³-hybridized carbons (Fsp3) is 0.400. The van der Waals surface area contributed by atoms with Crippen LogP contribution in [0.4, 0.5) is 5.69 Å². The van der Waals surface area contributed by atoms with Crippen molar-refractivity contribution in [1.82, 2.24) is 4.98 Å². The molecule has 2 aliphatic carbocycles. The van der Waals surface area contributed by atoms with Crippen molar-refractivity contribution in [2.75, 3.05) is 5.32 Å². The standard InChI is InChI=1S/C20H23N3O/c21-19-16-4-3-15(12-16)18(19)20(24)23-17-5-1-13(2-6-17)11-14-7-9-22-10-8-14/h1-2,5-10,15-16,18-19H,3-4,11-12,21H2,(H,23,24). The van der Waals surface area contributed by atoms with Crippen molar-refractivity contribution in [2.24, 2.45) is 23.5 Å². The normalized spacial score (nSPS) is 28.0. The van der Waals surface area contributed by atoms with Crippen LogP contribution in [0.3, 0.4) is 0 Å². The number of hydrogen-bond acceptors (Lipinski definition) is 3. The second kappa shape index (κ2) is 6.36. The second-order valence-corrected chi connectivity index (χ2v) is 7.15. The Labute approximate surface area is 142 Å². The van der Waals surface area contributed by atoms with E-state index in [0.29, 0.717) is 11.8 Å². The summed E-state index contributed by atoms with van der Waals surface area (Å²) in [7, 11) is 0. The lowest BCUT2D eigenvalue weighted by Gasteiger charge is -2.27. The van der Waals surface area contributed by atoms with Crippen molar-refractivity contribution >= 4 is 11.6 Å². The largest absolute Gasteiger partial charge is 0.327 e. The third-order valence-corrected chi connectivity index (χ3v) is 5.66. The van der Waals surface area contributed by atoms with E-state index in [-0.39, 0.29) is 17.9 Å². The number of amides is 1. The van der Waals surface area contributed by atoms with Gasteiger partial charge in [0.05, 0.1) is 5.92 Å². The van der Waals surface area contributed by atoms with E-state index in [1.807, 2.05) is 36.7 Å². The van der Waals surface area contributed by atoms with Crippen LogP contribution in [-0.2, 0) is 11.2 Å². The van der Waals surface area contributed by atoms with Crippen molar-refractivity contribution in [3.05, 3.63) is 59.9 Å². The van der Waals surface area contributed by atoms with Gasteiger partial charge in [0.25, 0.3) is 0 Å². The third-order valence-electron chi connectivity index (χ3n) is 5.66. The molecule has 4 nitrogen and oxygen atoms in total. The van der Waals surface area contributed by atoms with Gasteiger partial charge in [-0.1, -0.05) is 12.1 Å². The Kier molecular flexibility index (Phi) is 4.07. The zero-order chi connectivity index (χ0) is 16.5. The number of carbonyl (C=O) groups is 1. The van der Waals surface area contributed by atoms with Crippen LogP contribution >= 0.6 is 0 Å². The van der Waals surface area contributed by atoms with Gasteiger partial charge in [0.2, 0.25) is 5.91 Å². The quantitative estimate of drug-likeness (QED) is 0.909. The third kappa shape index (κ3) is 2.94. The molecule has 4 rings (SSSR count). The molecule has 2 bridgehead atoms. The minimum atomic E-state index is -0.0137. The number of anilines is 1. The van der Waals surface area contributed by atoms with Crippen LogP contribution in [0, 0.1) is 17.8 Å². The van der Waals surface area contributed by atoms with E-state index in [0.717, 1.165) is 24.9 Å². The minimum absolute atomic E-state index is 0.0137. The van der Waals surface area contributed by atoms with Gasteiger partial charge in [-0.05, 0) is 72.9 Å². The van der Waals surface area contributed by atoms with Crippen molar-refractivity contribution in [2.45, 2.75) is 31.7 Å². The van der Waals surface area contributed by atoms with E-state index in [2.05, 4.69) is 22.4 Å². The van der Waals surface area contributed by atoms with Crippen LogP contribution < -0.4 is 11.1 Å². The molecule has 2 aromatic rings. The minimum Gasteiger partial charge on any atom is -0.327 e. The van der Waals surface area contributed by atoms with Crippen LogP contribution in [0.15, 0.2) is 48.8 Å². The molecule has 124 valence electrons. The van der Waals surface area contributed by atoms with E-state index in [4.69, 9.17) is 5.73 Å². The summed E-state index contributed by atoms with van der Waals surface area (Å²) in [5.74, 6) is 1.11. The zero-order valence-electron chi connectivity index (χ0n) is 13.7. The predicted molar refractivity (Wildman–Crippen MR) is 94.4 cm³/mol. The number of fused-ring (bicyclic) bond motifs is 2. The molecule has 0 radical (unpaired) electrons. The Bertz CT molecular complexity index is 711. The molecule has 24 heavy (non-hydrogen) atoms. The average Bonchev–Trinajstić information content (AvgIpc) is 3.18. The number of benzene rings is 1. The highest BCUT2D eigenvalue weighted by Gasteiger charge is 2.49. The molecule has 1 amide bonds. The molecular weight excluding hydrogens is 298 g/mol. The lowest BCUT2D eigenvalue weighted by molar-refractivity contribution is -0.121. The van der Waals surface area contributed by atoms with Gasteiger partial charge in [-0.3, -0.25) is 9.78 Å². The smallest absolute Gasteiger partial charge is 0.229 e. The number of pyridine rings is 1. The Balaban J connectivity index is 1.39. The highest BCUT2D eigenvalue weighted by atomic mass is 16.2. The van der Waals surface area contributed by atoms with Gasteiger partial charge >= 0.3 is 0 Å². The van der Waals surface area contributed by atoms with Gasteiger partial charge in [0, 0.05) is 24.1 Å². The van der Waals surface area contributed by atoms with Crippen LogP contribution in [0.5, 0.6) is 0 Å². The first-order chi connectivity index (χ1) is 11.7. The van der Waals surface area contributed by atoms with Crippen molar-refractivity contribution < 1.29 is 4.79 Å². The SMILES string of the molecule is NC1C2CCC(C2)C1C(=O)Nc1ccc(Cc2ccncc2)cc1. The maximum Gasteiger partial charge on any atom is 0.229 e. The van der Waals surface area contributed by atoms with Gasteiger partial charge in [0.1, 0.15) is 0 Å². The molecule has 2 aliphatic rings. The number of nitrogens with two attached hydrogens (primary N) is 1. The summed E-state index contributed by atoms with van der Waals surface area (Å²) in [6, 6.07) is 12.2. The van der Waals surface area contributed by atoms with E-state index in [1.165, 1.54) is 17.5 Å². The van der Waals surface area contributed by atoms with E-state index < -0.39 is 0 Å². The highest BCUT2D eigenvalue weighted by molar-refractivity contribution is 5.93. The fourth-order valence-electron chi connectivity index (χ4n) is 4.39. The van der Waals surface area contributed by atoms with Crippen molar-refractivity contribution in [3.63, 3.8) is 0 Å². The molecule has 4 unspecified atom stereocenters. The maximum absolute atomic E-state index is 12.6. The lowest BCUT2D eigenvalue weighted by atomic mass is 9.84. The Morgan fingerprint density at radius 2 is 1.71 bits per heavy atom. The van der Waals surface area contributed by atoms with E-state index in [1.54, 1.807) is 0 Å². The van der Waals surface area contributed by atoms with Gasteiger partial charge < -0.3 is 11.1 Å². The maximum atomic E-state index is 12.6. The van der Waals surface area contributed by atoms with E-state index in [9.17, 15) is 4.79 Å². The number of hydrogen-bond donors (Lipinski definition) is 2. The van der Waals surface area contributed by atoms with Crippen LogP contribution in [0.25, 0.3) is 0 Å². The molecular formula is C20H23N3O. The van der Waals surface area contributed by atoms with E-state index >= 15 is 0 Å². The van der Waals surface area contributed by atoms with Crippen LogP contribution in [0.2, 0.25) is 0 Å². The van der Waals surface area contributed by atoms with Gasteiger partial charge in [-0.25, -0.2) is 0 Å². The van der Waals surface area contributed by atoms with Crippen LogP contribution in [0.1, 0.15) is 30.4 Å². The molecule has 0 saturated heterocycles. The first kappa shape index (κ1) is 15.3. The Morgan fingerprint density at radius 3 is 2.38 bits per heavy atom. The van der Waals surface area contributed by atoms with Crippen LogP contribution in [-0.4, -0.2) is 16.9 Å². The molecule has 4 heteroatoms. The van der Waals surface area contributed by atoms with Gasteiger partial charge in [0.15, 0.2) is 0 Å². The molecule has 1 heterocycles. The summed E-state index contributed by atoms with van der Waals surface area (Å²) in [4.78, 5) is 16.6. The fourth-order valence-corrected chi connectivity index (χ4v) is 4.39. The summed E-state index contributed by atoms with van der Waals surface area (Å²) in [6.45, 7) is 0. The average molecular weight is 321 g/mol. The molecule has 1 aromatic heterocycles. The first-order valence-corrected chi connectivity index (χ1v) is 8.75. The molecule has 4 atom stereocenters. The number of nitrogens with one attached hydrogen (secondary N) is 1. The summed E-state index contributed by atoms with van der Waals surface area (Å²) < 4.78 is 0. The molecule has 3 N–H and O–H groups in total. The molecule has 0 aliphatic heterocycles.